The molecular weight excluding hydrogens is 431 g/mol. The van der Waals surface area contributed by atoms with Gasteiger partial charge in [0.05, 0.1) is 0 Å². The summed E-state index contributed by atoms with van der Waals surface area (Å²) < 4.78 is 18.8. The highest BCUT2D eigenvalue weighted by Gasteiger charge is 2.24. The van der Waals surface area contributed by atoms with Crippen LogP contribution in [0.5, 0.6) is 5.75 Å². The molecule has 0 saturated carbocycles. The molecule has 176 valence electrons. The summed E-state index contributed by atoms with van der Waals surface area (Å²) in [4.78, 5) is 29.2. The van der Waals surface area contributed by atoms with Crippen molar-refractivity contribution in [3.63, 3.8) is 0 Å². The van der Waals surface area contributed by atoms with Crippen molar-refractivity contribution in [1.82, 2.24) is 9.80 Å². The van der Waals surface area contributed by atoms with Crippen LogP contribution in [0.1, 0.15) is 34.3 Å². The van der Waals surface area contributed by atoms with Crippen LogP contribution in [0, 0.1) is 5.82 Å². The molecule has 0 radical (unpaired) electrons. The zero-order valence-electron chi connectivity index (χ0n) is 19.2. The highest BCUT2D eigenvalue weighted by molar-refractivity contribution is 5.94. The first kappa shape index (κ1) is 23.5. The fraction of sp³-hybridized carbons (Fsp3) is 0.286. The number of hydrogen-bond donors (Lipinski definition) is 0. The van der Waals surface area contributed by atoms with Crippen LogP contribution in [-0.4, -0.2) is 47.8 Å². The van der Waals surface area contributed by atoms with Gasteiger partial charge in [0.25, 0.3) is 5.91 Å². The van der Waals surface area contributed by atoms with Gasteiger partial charge in [0, 0.05) is 38.2 Å². The predicted molar refractivity (Wildman–Crippen MR) is 129 cm³/mol. The van der Waals surface area contributed by atoms with Gasteiger partial charge in [-0.3, -0.25) is 9.59 Å². The summed E-state index contributed by atoms with van der Waals surface area (Å²) in [6, 6.07) is 23.4. The van der Waals surface area contributed by atoms with E-state index >= 15 is 0 Å². The predicted octanol–water partition coefficient (Wildman–Crippen LogP) is 4.71. The molecule has 6 heteroatoms. The number of nitrogens with zero attached hydrogens (tertiary/aromatic N) is 2. The average molecular weight is 461 g/mol. The lowest BCUT2D eigenvalue weighted by Gasteiger charge is -2.35. The van der Waals surface area contributed by atoms with Gasteiger partial charge in [-0.25, -0.2) is 4.39 Å². The van der Waals surface area contributed by atoms with E-state index in [1.54, 1.807) is 41.3 Å². The Morgan fingerprint density at radius 3 is 2.24 bits per heavy atom. The van der Waals surface area contributed by atoms with Crippen molar-refractivity contribution in [2.45, 2.75) is 25.9 Å². The molecule has 0 N–H and O–H groups in total. The maximum Gasteiger partial charge on any atom is 0.254 e. The van der Waals surface area contributed by atoms with Crippen LogP contribution < -0.4 is 4.74 Å². The molecule has 1 fully saturated rings. The first-order chi connectivity index (χ1) is 16.6. The highest BCUT2D eigenvalue weighted by atomic mass is 19.1. The standard InChI is InChI=1S/C28H29FN2O3/c29-25-14-12-23(13-15-25)21-34-26-10-5-9-24(20-26)28(33)31-18-16-30(17-19-31)27(32)11-4-8-22-6-2-1-3-7-22/h1-3,5-7,9-10,12-15,20H,4,8,11,16-19,21H2. The van der Waals surface area contributed by atoms with E-state index in [9.17, 15) is 14.0 Å². The van der Waals surface area contributed by atoms with Gasteiger partial charge in [0.15, 0.2) is 0 Å². The van der Waals surface area contributed by atoms with Gasteiger partial charge in [-0.15, -0.1) is 0 Å². The molecule has 1 aliphatic heterocycles. The topological polar surface area (TPSA) is 49.9 Å². The number of halogens is 1. The van der Waals surface area contributed by atoms with Crippen LogP contribution in [0.3, 0.4) is 0 Å². The second kappa shape index (κ2) is 11.5. The third-order valence-corrected chi connectivity index (χ3v) is 6.02. The van der Waals surface area contributed by atoms with Gasteiger partial charge in [0.2, 0.25) is 5.91 Å². The molecule has 0 atom stereocenters. The lowest BCUT2D eigenvalue weighted by Crippen LogP contribution is -2.50. The Morgan fingerprint density at radius 2 is 1.50 bits per heavy atom. The molecule has 2 amide bonds. The van der Waals surface area contributed by atoms with Gasteiger partial charge in [-0.05, 0) is 54.3 Å². The molecule has 34 heavy (non-hydrogen) atoms. The van der Waals surface area contributed by atoms with E-state index in [0.29, 0.717) is 50.5 Å². The van der Waals surface area contributed by atoms with Gasteiger partial charge < -0.3 is 14.5 Å². The summed E-state index contributed by atoms with van der Waals surface area (Å²) in [5.41, 5.74) is 2.65. The molecule has 0 aromatic heterocycles. The van der Waals surface area contributed by atoms with Crippen molar-refractivity contribution in [3.05, 3.63) is 101 Å². The lowest BCUT2D eigenvalue weighted by molar-refractivity contribution is -0.132. The van der Waals surface area contributed by atoms with Crippen molar-refractivity contribution in [3.8, 4) is 5.75 Å². The van der Waals surface area contributed by atoms with Crippen molar-refractivity contribution in [1.29, 1.82) is 0 Å². The van der Waals surface area contributed by atoms with Gasteiger partial charge in [-0.2, -0.15) is 0 Å². The van der Waals surface area contributed by atoms with Gasteiger partial charge in [-0.1, -0.05) is 48.5 Å². The number of carbonyl (C=O) groups is 2. The lowest BCUT2D eigenvalue weighted by atomic mass is 10.1. The van der Waals surface area contributed by atoms with E-state index < -0.39 is 0 Å². The van der Waals surface area contributed by atoms with Crippen LogP contribution in [0.2, 0.25) is 0 Å². The third-order valence-electron chi connectivity index (χ3n) is 6.02. The summed E-state index contributed by atoms with van der Waals surface area (Å²) in [5.74, 6) is 0.385. The van der Waals surface area contributed by atoms with Crippen molar-refractivity contribution in [2.24, 2.45) is 0 Å². The van der Waals surface area contributed by atoms with E-state index in [4.69, 9.17) is 4.74 Å². The Hall–Kier alpha value is -3.67. The Balaban J connectivity index is 1.24. The molecule has 1 heterocycles. The Bertz CT molecular complexity index is 1090. The normalized spacial score (nSPS) is 13.6. The van der Waals surface area contributed by atoms with Crippen LogP contribution in [-0.2, 0) is 17.8 Å². The minimum Gasteiger partial charge on any atom is -0.489 e. The number of amides is 2. The molecule has 0 unspecified atom stereocenters. The van der Waals surface area contributed by atoms with Crippen LogP contribution >= 0.6 is 0 Å². The van der Waals surface area contributed by atoms with E-state index in [-0.39, 0.29) is 17.6 Å². The minimum absolute atomic E-state index is 0.0663. The average Bonchev–Trinajstić information content (AvgIpc) is 2.89. The minimum atomic E-state index is -0.287. The number of carbonyl (C=O) groups excluding carboxylic acids is 2. The summed E-state index contributed by atoms with van der Waals surface area (Å²) >= 11 is 0. The first-order valence-corrected chi connectivity index (χ1v) is 11.7. The molecule has 5 nitrogen and oxygen atoms in total. The maximum atomic E-state index is 13.1. The molecule has 0 spiro atoms. The molecule has 4 rings (SSSR count). The Labute approximate surface area is 199 Å². The molecule has 3 aromatic rings. The zero-order valence-corrected chi connectivity index (χ0v) is 19.2. The largest absolute Gasteiger partial charge is 0.489 e. The highest BCUT2D eigenvalue weighted by Crippen LogP contribution is 2.18. The second-order valence-electron chi connectivity index (χ2n) is 8.46. The maximum absolute atomic E-state index is 13.1. The third kappa shape index (κ3) is 6.44. The fourth-order valence-electron chi connectivity index (χ4n) is 4.05. The Kier molecular flexibility index (Phi) is 7.91. The van der Waals surface area contributed by atoms with Crippen LogP contribution in [0.25, 0.3) is 0 Å². The van der Waals surface area contributed by atoms with E-state index in [1.807, 2.05) is 23.1 Å². The van der Waals surface area contributed by atoms with Crippen molar-refractivity contribution < 1.29 is 18.7 Å². The number of ether oxygens (including phenoxy) is 1. The van der Waals surface area contributed by atoms with E-state index in [1.165, 1.54) is 17.7 Å². The zero-order chi connectivity index (χ0) is 23.8. The fourth-order valence-corrected chi connectivity index (χ4v) is 4.05. The molecule has 0 bridgehead atoms. The SMILES string of the molecule is O=C(CCCc1ccccc1)N1CCN(C(=O)c2cccc(OCc3ccc(F)cc3)c2)CC1. The van der Waals surface area contributed by atoms with Gasteiger partial charge >= 0.3 is 0 Å². The van der Waals surface area contributed by atoms with Crippen molar-refractivity contribution >= 4 is 11.8 Å². The second-order valence-corrected chi connectivity index (χ2v) is 8.46. The summed E-state index contributed by atoms with van der Waals surface area (Å²) in [6.07, 6.45) is 2.24. The number of hydrogen-bond acceptors (Lipinski definition) is 3. The number of piperazine rings is 1. The van der Waals surface area contributed by atoms with Crippen LogP contribution in [0.15, 0.2) is 78.9 Å². The molecule has 3 aromatic carbocycles. The monoisotopic (exact) mass is 460 g/mol. The summed E-state index contributed by atoms with van der Waals surface area (Å²) in [5, 5.41) is 0. The summed E-state index contributed by atoms with van der Waals surface area (Å²) in [7, 11) is 0. The molecular formula is C28H29FN2O3. The van der Waals surface area contributed by atoms with E-state index in [0.717, 1.165) is 18.4 Å². The quantitative estimate of drug-likeness (QED) is 0.489. The Morgan fingerprint density at radius 1 is 0.794 bits per heavy atom. The van der Waals surface area contributed by atoms with Crippen LogP contribution in [0.4, 0.5) is 4.39 Å². The smallest absolute Gasteiger partial charge is 0.254 e. The molecule has 0 aliphatic carbocycles. The number of aryl methyl sites for hydroxylation is 1. The molecule has 1 aliphatic rings. The number of rotatable bonds is 8. The summed E-state index contributed by atoms with van der Waals surface area (Å²) in [6.45, 7) is 2.43. The van der Waals surface area contributed by atoms with E-state index in [2.05, 4.69) is 12.1 Å². The molecule has 1 saturated heterocycles. The number of benzene rings is 3. The van der Waals surface area contributed by atoms with Gasteiger partial charge in [0.1, 0.15) is 18.2 Å². The first-order valence-electron chi connectivity index (χ1n) is 11.7. The van der Waals surface area contributed by atoms with Crippen molar-refractivity contribution in [2.75, 3.05) is 26.2 Å².